The van der Waals surface area contributed by atoms with Gasteiger partial charge >= 0.3 is 0 Å². The Morgan fingerprint density at radius 3 is 1.35 bits per heavy atom. The van der Waals surface area contributed by atoms with Gasteiger partial charge in [0.1, 0.15) is 0 Å². The standard InChI is InChI=1S/C42H46Cl2N6O4/c1-27(51)49-17-15-41(25-49)21-47(22-41)19-29-11-13-35(45-39(29)53-3)33-9-5-7-31(37(33)43)32-8-6-10-34(38(32)44)36-14-12-30(40(46-36)54-4)20-48-23-42(24-48)16-18-50(26-42)28(2)52/h5-14H,15-26H2,1-4H3. The van der Waals surface area contributed by atoms with Gasteiger partial charge in [0.15, 0.2) is 0 Å². The molecule has 6 heterocycles. The molecule has 0 radical (unpaired) electrons. The first-order valence-corrected chi connectivity index (χ1v) is 19.4. The van der Waals surface area contributed by atoms with E-state index in [0.29, 0.717) is 33.2 Å². The van der Waals surface area contributed by atoms with Gasteiger partial charge in [0, 0.05) is 124 Å². The zero-order chi connectivity index (χ0) is 37.8. The molecule has 4 fully saturated rings. The predicted octanol–water partition coefficient (Wildman–Crippen LogP) is 6.91. The summed E-state index contributed by atoms with van der Waals surface area (Å²) in [6, 6.07) is 19.9. The molecule has 0 bridgehead atoms. The molecule has 8 rings (SSSR count). The van der Waals surface area contributed by atoms with Crippen LogP contribution in [0.2, 0.25) is 10.0 Å². The summed E-state index contributed by atoms with van der Waals surface area (Å²) in [6.45, 7) is 12.0. The first kappa shape index (κ1) is 36.7. The molecule has 2 amide bonds. The number of methoxy groups -OCH3 is 2. The monoisotopic (exact) mass is 768 g/mol. The van der Waals surface area contributed by atoms with Crippen LogP contribution in [0, 0.1) is 10.8 Å². The first-order valence-electron chi connectivity index (χ1n) is 18.6. The fourth-order valence-corrected chi connectivity index (χ4v) is 9.79. The fourth-order valence-electron chi connectivity index (χ4n) is 9.14. The molecule has 0 N–H and O–H groups in total. The van der Waals surface area contributed by atoms with Crippen molar-refractivity contribution in [1.82, 2.24) is 29.6 Å². The third-order valence-electron chi connectivity index (χ3n) is 11.9. The van der Waals surface area contributed by atoms with Crippen molar-refractivity contribution in [3.05, 3.63) is 81.8 Å². The number of nitrogens with zero attached hydrogens (tertiary/aromatic N) is 6. The molecule has 0 aliphatic carbocycles. The molecule has 12 heteroatoms. The van der Waals surface area contributed by atoms with E-state index in [-0.39, 0.29) is 22.6 Å². The fraction of sp³-hybridized carbons (Fsp3) is 0.429. The lowest BCUT2D eigenvalue weighted by Crippen LogP contribution is -2.57. The molecule has 4 saturated heterocycles. The number of benzene rings is 2. The zero-order valence-corrected chi connectivity index (χ0v) is 32.8. The van der Waals surface area contributed by atoms with E-state index in [1.807, 2.05) is 58.3 Å². The summed E-state index contributed by atoms with van der Waals surface area (Å²) >= 11 is 14.3. The Bertz CT molecular complexity index is 1970. The lowest BCUT2D eigenvalue weighted by atomic mass is 9.79. The number of carbonyl (C=O) groups excluding carboxylic acids is 2. The Labute approximate surface area is 327 Å². The smallest absolute Gasteiger partial charge is 0.219 e. The van der Waals surface area contributed by atoms with Crippen molar-refractivity contribution in [3.8, 4) is 45.4 Å². The molecule has 282 valence electrons. The van der Waals surface area contributed by atoms with Crippen LogP contribution >= 0.6 is 23.2 Å². The molecule has 0 atom stereocenters. The predicted molar refractivity (Wildman–Crippen MR) is 211 cm³/mol. The maximum absolute atomic E-state index is 11.9. The number of hydrogen-bond donors (Lipinski definition) is 0. The van der Waals surface area contributed by atoms with Crippen LogP contribution in [-0.2, 0) is 22.7 Å². The molecule has 2 spiro atoms. The number of ether oxygens (including phenoxy) is 2. The molecule has 2 aromatic carbocycles. The normalized spacial score (nSPS) is 18.9. The van der Waals surface area contributed by atoms with Gasteiger partial charge in [-0.15, -0.1) is 0 Å². The summed E-state index contributed by atoms with van der Waals surface area (Å²) in [5, 5.41) is 1.09. The van der Waals surface area contributed by atoms with Crippen LogP contribution in [0.4, 0.5) is 0 Å². The van der Waals surface area contributed by atoms with Crippen molar-refractivity contribution in [2.75, 3.05) is 66.6 Å². The van der Waals surface area contributed by atoms with E-state index >= 15 is 0 Å². The maximum Gasteiger partial charge on any atom is 0.219 e. The second-order valence-electron chi connectivity index (χ2n) is 15.7. The third kappa shape index (κ3) is 6.82. The molecule has 4 aromatic rings. The summed E-state index contributed by atoms with van der Waals surface area (Å²) < 4.78 is 11.6. The average Bonchev–Trinajstić information content (AvgIpc) is 3.79. The van der Waals surface area contributed by atoms with E-state index in [1.54, 1.807) is 28.1 Å². The number of aromatic nitrogens is 2. The highest BCUT2D eigenvalue weighted by Gasteiger charge is 2.49. The highest BCUT2D eigenvalue weighted by Crippen LogP contribution is 2.45. The van der Waals surface area contributed by atoms with Gasteiger partial charge in [0.05, 0.1) is 35.7 Å². The molecule has 10 nitrogen and oxygen atoms in total. The second kappa shape index (κ2) is 14.5. The molecular weight excluding hydrogens is 723 g/mol. The number of likely N-dealkylation sites (tertiary alicyclic amines) is 4. The van der Waals surface area contributed by atoms with Gasteiger partial charge in [-0.2, -0.15) is 0 Å². The van der Waals surface area contributed by atoms with Gasteiger partial charge in [0.25, 0.3) is 0 Å². The maximum atomic E-state index is 11.9. The van der Waals surface area contributed by atoms with Crippen molar-refractivity contribution in [2.24, 2.45) is 10.8 Å². The molecule has 4 aliphatic heterocycles. The number of rotatable bonds is 9. The first-order chi connectivity index (χ1) is 26.0. The van der Waals surface area contributed by atoms with Crippen molar-refractivity contribution in [3.63, 3.8) is 0 Å². The van der Waals surface area contributed by atoms with Crippen molar-refractivity contribution in [2.45, 2.75) is 39.8 Å². The lowest BCUT2D eigenvalue weighted by molar-refractivity contribution is -0.129. The minimum atomic E-state index is 0.160. The van der Waals surface area contributed by atoms with Crippen LogP contribution in [-0.4, -0.2) is 108 Å². The van der Waals surface area contributed by atoms with Gasteiger partial charge in [-0.25, -0.2) is 9.97 Å². The summed E-state index contributed by atoms with van der Waals surface area (Å²) in [7, 11) is 3.29. The summed E-state index contributed by atoms with van der Waals surface area (Å²) in [4.78, 5) is 42.3. The minimum absolute atomic E-state index is 0.160. The molecule has 0 unspecified atom stereocenters. The highest BCUT2D eigenvalue weighted by atomic mass is 35.5. The van der Waals surface area contributed by atoms with Gasteiger partial charge in [-0.3, -0.25) is 19.4 Å². The Morgan fingerprint density at radius 2 is 1.00 bits per heavy atom. The summed E-state index contributed by atoms with van der Waals surface area (Å²) in [5.41, 5.74) is 7.00. The molecule has 4 aliphatic rings. The number of halogens is 2. The molecule has 2 aromatic heterocycles. The van der Waals surface area contributed by atoms with Crippen molar-refractivity contribution in [1.29, 1.82) is 0 Å². The van der Waals surface area contributed by atoms with E-state index in [4.69, 9.17) is 42.6 Å². The van der Waals surface area contributed by atoms with E-state index in [2.05, 4.69) is 21.9 Å². The minimum Gasteiger partial charge on any atom is -0.481 e. The van der Waals surface area contributed by atoms with Gasteiger partial charge < -0.3 is 19.3 Å². The second-order valence-corrected chi connectivity index (χ2v) is 16.5. The Kier molecular flexibility index (Phi) is 9.83. The highest BCUT2D eigenvalue weighted by molar-refractivity contribution is 6.39. The van der Waals surface area contributed by atoms with Crippen LogP contribution in [0.5, 0.6) is 11.8 Å². The average molecular weight is 770 g/mol. The van der Waals surface area contributed by atoms with Gasteiger partial charge in [0.2, 0.25) is 23.6 Å². The molecular formula is C42H46Cl2N6O4. The third-order valence-corrected chi connectivity index (χ3v) is 12.7. The van der Waals surface area contributed by atoms with E-state index in [1.165, 1.54) is 0 Å². The van der Waals surface area contributed by atoms with Crippen LogP contribution in [0.3, 0.4) is 0 Å². The lowest BCUT2D eigenvalue weighted by Gasteiger charge is -2.48. The van der Waals surface area contributed by atoms with Crippen LogP contribution in [0.1, 0.15) is 37.8 Å². The Morgan fingerprint density at radius 1 is 0.611 bits per heavy atom. The molecule has 0 saturated carbocycles. The number of carbonyl (C=O) groups is 2. The van der Waals surface area contributed by atoms with Gasteiger partial charge in [-0.1, -0.05) is 71.7 Å². The van der Waals surface area contributed by atoms with Gasteiger partial charge in [-0.05, 0) is 25.0 Å². The van der Waals surface area contributed by atoms with Crippen LogP contribution < -0.4 is 9.47 Å². The molecule has 54 heavy (non-hydrogen) atoms. The van der Waals surface area contributed by atoms with E-state index < -0.39 is 0 Å². The summed E-state index contributed by atoms with van der Waals surface area (Å²) in [5.74, 6) is 1.46. The largest absolute Gasteiger partial charge is 0.481 e. The number of amides is 2. The number of pyridine rings is 2. The number of hydrogen-bond acceptors (Lipinski definition) is 8. The van der Waals surface area contributed by atoms with Crippen molar-refractivity contribution < 1.29 is 19.1 Å². The topological polar surface area (TPSA) is 91.3 Å². The zero-order valence-electron chi connectivity index (χ0n) is 31.3. The van der Waals surface area contributed by atoms with E-state index in [0.717, 1.165) is 112 Å². The summed E-state index contributed by atoms with van der Waals surface area (Å²) in [6.07, 6.45) is 2.11. The SMILES string of the molecule is COc1nc(-c2cccc(-c3cccc(-c4ccc(CN5CC6(CCN(C(C)=O)C6)C5)c(OC)n4)c3Cl)c2Cl)ccc1CN1CC2(CCN(C(C)=O)C2)C1. The van der Waals surface area contributed by atoms with Crippen LogP contribution in [0.25, 0.3) is 33.6 Å². The Hall–Kier alpha value is -4.22. The van der Waals surface area contributed by atoms with Crippen LogP contribution in [0.15, 0.2) is 60.7 Å². The Balaban J connectivity index is 0.981. The van der Waals surface area contributed by atoms with E-state index in [9.17, 15) is 9.59 Å². The van der Waals surface area contributed by atoms with Crippen molar-refractivity contribution >= 4 is 35.0 Å². The quantitative estimate of drug-likeness (QED) is 0.182.